The topological polar surface area (TPSA) is 86.7 Å². The number of carbonyl (C=O) groups is 4. The predicted molar refractivity (Wildman–Crippen MR) is 78.0 cm³/mol. The number of rotatable bonds is 10. The minimum atomic E-state index is -0.310. The average molecular weight is 306 g/mol. The Morgan fingerprint density at radius 1 is 0.818 bits per heavy atom. The molecule has 0 atom stereocenters. The maximum atomic E-state index is 11.4. The van der Waals surface area contributed by atoms with Gasteiger partial charge >= 0.3 is 0 Å². The molecule has 22 heavy (non-hydrogen) atoms. The van der Waals surface area contributed by atoms with Gasteiger partial charge in [-0.05, 0) is 26.0 Å². The van der Waals surface area contributed by atoms with E-state index in [9.17, 15) is 19.2 Å². The molecule has 1 rings (SSSR count). The Kier molecular flexibility index (Phi) is 6.95. The Labute approximate surface area is 128 Å². The van der Waals surface area contributed by atoms with Gasteiger partial charge in [-0.2, -0.15) is 0 Å². The van der Waals surface area contributed by atoms with Gasteiger partial charge in [-0.25, -0.2) is 0 Å². The van der Waals surface area contributed by atoms with E-state index < -0.39 is 0 Å². The first-order valence-corrected chi connectivity index (χ1v) is 6.74. The van der Waals surface area contributed by atoms with Crippen LogP contribution in [0.15, 0.2) is 24.3 Å². The van der Waals surface area contributed by atoms with Crippen molar-refractivity contribution in [3.05, 3.63) is 24.3 Å². The lowest BCUT2D eigenvalue weighted by Gasteiger charge is -2.08. The third kappa shape index (κ3) is 7.33. The molecule has 0 amide bonds. The highest BCUT2D eigenvalue weighted by atomic mass is 16.5. The van der Waals surface area contributed by atoms with Crippen molar-refractivity contribution in [1.29, 1.82) is 0 Å². The van der Waals surface area contributed by atoms with E-state index in [1.807, 2.05) is 0 Å². The number of ether oxygens (including phenoxy) is 2. The van der Waals surface area contributed by atoms with Gasteiger partial charge in [0.1, 0.15) is 36.3 Å². The summed E-state index contributed by atoms with van der Waals surface area (Å²) in [6, 6.07) is 6.44. The molecule has 0 saturated carbocycles. The number of hydrogen-bond acceptors (Lipinski definition) is 6. The maximum absolute atomic E-state index is 11.4. The predicted octanol–water partition coefficient (Wildman–Crippen LogP) is 1.54. The fourth-order valence-electron chi connectivity index (χ4n) is 1.64. The van der Waals surface area contributed by atoms with Gasteiger partial charge in [-0.15, -0.1) is 0 Å². The zero-order valence-electron chi connectivity index (χ0n) is 12.6. The van der Waals surface area contributed by atoms with E-state index >= 15 is 0 Å². The van der Waals surface area contributed by atoms with Crippen LogP contribution in [0, 0.1) is 0 Å². The normalized spacial score (nSPS) is 9.91. The number of Topliss-reactive ketones (excluding diaryl/α,β-unsaturated/α-hetero) is 4. The molecule has 6 heteroatoms. The summed E-state index contributed by atoms with van der Waals surface area (Å²) >= 11 is 0. The smallest absolute Gasteiger partial charge is 0.177 e. The molecule has 0 aliphatic carbocycles. The maximum Gasteiger partial charge on any atom is 0.177 e. The van der Waals surface area contributed by atoms with Crippen molar-refractivity contribution in [3.8, 4) is 11.5 Å². The first kappa shape index (κ1) is 17.6. The molecule has 0 spiro atoms. The van der Waals surface area contributed by atoms with Crippen molar-refractivity contribution < 1.29 is 28.7 Å². The van der Waals surface area contributed by atoms with Gasteiger partial charge in [-0.3, -0.25) is 19.2 Å². The third-order valence-corrected chi connectivity index (χ3v) is 2.50. The van der Waals surface area contributed by atoms with Crippen LogP contribution in [0.4, 0.5) is 0 Å². The van der Waals surface area contributed by atoms with E-state index in [1.54, 1.807) is 18.2 Å². The lowest BCUT2D eigenvalue weighted by atomic mass is 10.2. The fraction of sp³-hybridized carbons (Fsp3) is 0.375. The van der Waals surface area contributed by atoms with Gasteiger partial charge in [0.2, 0.25) is 0 Å². The molecule has 0 heterocycles. The van der Waals surface area contributed by atoms with Crippen molar-refractivity contribution in [2.75, 3.05) is 13.2 Å². The summed E-state index contributed by atoms with van der Waals surface area (Å²) in [7, 11) is 0. The lowest BCUT2D eigenvalue weighted by molar-refractivity contribution is -0.128. The molecular formula is C16H18O6. The Morgan fingerprint density at radius 2 is 1.23 bits per heavy atom. The minimum absolute atomic E-state index is 0.157. The van der Waals surface area contributed by atoms with Crippen molar-refractivity contribution in [3.63, 3.8) is 0 Å². The molecular weight excluding hydrogens is 288 g/mol. The van der Waals surface area contributed by atoms with Crippen LogP contribution in [0.2, 0.25) is 0 Å². The summed E-state index contributed by atoms with van der Waals surface area (Å²) in [6.07, 6.45) is -0.314. The molecule has 0 aromatic heterocycles. The van der Waals surface area contributed by atoms with Crippen LogP contribution in [-0.2, 0) is 19.2 Å². The van der Waals surface area contributed by atoms with E-state index in [0.29, 0.717) is 11.5 Å². The second-order valence-electron chi connectivity index (χ2n) is 4.89. The largest absolute Gasteiger partial charge is 0.486 e. The van der Waals surface area contributed by atoms with Gasteiger partial charge < -0.3 is 9.47 Å². The molecule has 0 fully saturated rings. The molecule has 0 aliphatic heterocycles. The van der Waals surface area contributed by atoms with Crippen molar-refractivity contribution >= 4 is 23.1 Å². The van der Waals surface area contributed by atoms with Crippen LogP contribution < -0.4 is 9.47 Å². The summed E-state index contributed by atoms with van der Waals surface area (Å²) in [5, 5.41) is 0. The first-order chi connectivity index (χ1) is 10.4. The molecule has 1 aromatic carbocycles. The summed E-state index contributed by atoms with van der Waals surface area (Å²) in [4.78, 5) is 44.3. The monoisotopic (exact) mass is 306 g/mol. The van der Waals surface area contributed by atoms with Crippen LogP contribution >= 0.6 is 0 Å². The Balaban J connectivity index is 2.48. The highest BCUT2D eigenvalue weighted by molar-refractivity contribution is 5.99. The molecule has 0 aliphatic rings. The summed E-state index contributed by atoms with van der Waals surface area (Å²) < 4.78 is 10.5. The van der Waals surface area contributed by atoms with Crippen LogP contribution in [0.3, 0.4) is 0 Å². The molecule has 0 N–H and O–H groups in total. The first-order valence-electron chi connectivity index (χ1n) is 6.74. The van der Waals surface area contributed by atoms with E-state index in [0.717, 1.165) is 0 Å². The quantitative estimate of drug-likeness (QED) is 0.609. The van der Waals surface area contributed by atoms with Gasteiger partial charge in [-0.1, -0.05) is 6.07 Å². The van der Waals surface area contributed by atoms with Gasteiger partial charge in [0.15, 0.2) is 11.6 Å². The van der Waals surface area contributed by atoms with Crippen molar-refractivity contribution in [2.24, 2.45) is 0 Å². The second-order valence-corrected chi connectivity index (χ2v) is 4.89. The number of benzene rings is 1. The summed E-state index contributed by atoms with van der Waals surface area (Å²) in [5.41, 5.74) is 0. The van der Waals surface area contributed by atoms with Gasteiger partial charge in [0.25, 0.3) is 0 Å². The summed E-state index contributed by atoms with van der Waals surface area (Å²) in [6.45, 7) is 2.27. The molecule has 6 nitrogen and oxygen atoms in total. The highest BCUT2D eigenvalue weighted by Gasteiger charge is 2.08. The van der Waals surface area contributed by atoms with Gasteiger partial charge in [0.05, 0.1) is 12.8 Å². The zero-order chi connectivity index (χ0) is 16.5. The van der Waals surface area contributed by atoms with Crippen LogP contribution in [0.25, 0.3) is 0 Å². The number of ketones is 4. The average Bonchev–Trinajstić information content (AvgIpc) is 2.42. The molecule has 1 aromatic rings. The van der Waals surface area contributed by atoms with Crippen LogP contribution in [0.5, 0.6) is 11.5 Å². The van der Waals surface area contributed by atoms with Crippen LogP contribution in [0.1, 0.15) is 26.7 Å². The highest BCUT2D eigenvalue weighted by Crippen LogP contribution is 2.19. The Hall–Kier alpha value is -2.50. The zero-order valence-corrected chi connectivity index (χ0v) is 12.6. The van der Waals surface area contributed by atoms with E-state index in [-0.39, 0.29) is 49.2 Å². The Bertz CT molecular complexity index is 529. The van der Waals surface area contributed by atoms with Crippen molar-refractivity contribution in [2.45, 2.75) is 26.7 Å². The van der Waals surface area contributed by atoms with E-state index in [2.05, 4.69) is 0 Å². The number of hydrogen-bond donors (Lipinski definition) is 0. The van der Waals surface area contributed by atoms with Crippen LogP contribution in [-0.4, -0.2) is 36.3 Å². The second kappa shape index (κ2) is 8.71. The SMILES string of the molecule is CC(=O)CC(=O)COc1cccc(OCC(=O)CC(C)=O)c1. The van der Waals surface area contributed by atoms with E-state index in [1.165, 1.54) is 19.9 Å². The molecule has 0 bridgehead atoms. The molecule has 0 saturated heterocycles. The lowest BCUT2D eigenvalue weighted by Crippen LogP contribution is -2.15. The molecule has 118 valence electrons. The van der Waals surface area contributed by atoms with E-state index in [4.69, 9.17) is 9.47 Å². The number of carbonyl (C=O) groups excluding carboxylic acids is 4. The molecule has 0 radical (unpaired) electrons. The van der Waals surface area contributed by atoms with Crippen molar-refractivity contribution in [1.82, 2.24) is 0 Å². The summed E-state index contributed by atoms with van der Waals surface area (Å²) in [5.74, 6) is -0.253. The fourth-order valence-corrected chi connectivity index (χ4v) is 1.64. The minimum Gasteiger partial charge on any atom is -0.486 e. The molecule has 0 unspecified atom stereocenters. The standard InChI is InChI=1S/C16H18O6/c1-11(17)6-13(19)9-21-15-4-3-5-16(8-15)22-10-14(20)7-12(2)18/h3-5,8H,6-7,9-10H2,1-2H3. The third-order valence-electron chi connectivity index (χ3n) is 2.50. The van der Waals surface area contributed by atoms with Gasteiger partial charge in [0, 0.05) is 6.07 Å². The Morgan fingerprint density at radius 3 is 1.59 bits per heavy atom.